The van der Waals surface area contributed by atoms with E-state index in [9.17, 15) is 4.79 Å². The average Bonchev–Trinajstić information content (AvgIpc) is 2.60. The van der Waals surface area contributed by atoms with Crippen molar-refractivity contribution >= 4 is 23.2 Å². The van der Waals surface area contributed by atoms with Crippen molar-refractivity contribution in [2.24, 2.45) is 5.92 Å². The highest BCUT2D eigenvalue weighted by atomic mass is 32.1. The molecule has 0 aliphatic heterocycles. The lowest BCUT2D eigenvalue weighted by Crippen LogP contribution is -2.46. The van der Waals surface area contributed by atoms with Gasteiger partial charge >= 0.3 is 0 Å². The van der Waals surface area contributed by atoms with Crippen LogP contribution >= 0.6 is 12.2 Å². The van der Waals surface area contributed by atoms with Crippen LogP contribution in [0, 0.1) is 5.92 Å². The summed E-state index contributed by atoms with van der Waals surface area (Å²) in [4.78, 5) is 14.5. The number of thiocarbonyl (C=S) groups is 1. The molecule has 0 atom stereocenters. The van der Waals surface area contributed by atoms with Gasteiger partial charge in [0.1, 0.15) is 5.75 Å². The van der Waals surface area contributed by atoms with E-state index in [1.165, 1.54) is 19.3 Å². The summed E-state index contributed by atoms with van der Waals surface area (Å²) in [6, 6.07) is 7.68. The largest absolute Gasteiger partial charge is 0.493 e. The Morgan fingerprint density at radius 3 is 2.71 bits per heavy atom. The number of benzene rings is 1. The van der Waals surface area contributed by atoms with Crippen LogP contribution in [0.4, 0.5) is 0 Å². The SMILES string of the molecule is CC(C)COc1cccc(C(=O)NC(=S)N(C)C2CCCCC2)c1. The maximum absolute atomic E-state index is 12.5. The van der Waals surface area contributed by atoms with Crippen LogP contribution in [0.25, 0.3) is 0 Å². The molecule has 1 aromatic carbocycles. The third kappa shape index (κ3) is 5.48. The topological polar surface area (TPSA) is 41.6 Å². The third-order valence-corrected chi connectivity index (χ3v) is 4.73. The Morgan fingerprint density at radius 2 is 2.04 bits per heavy atom. The molecule has 0 radical (unpaired) electrons. The minimum Gasteiger partial charge on any atom is -0.493 e. The van der Waals surface area contributed by atoms with Crippen molar-refractivity contribution < 1.29 is 9.53 Å². The summed E-state index contributed by atoms with van der Waals surface area (Å²) < 4.78 is 5.68. The van der Waals surface area contributed by atoms with Crippen LogP contribution in [-0.2, 0) is 0 Å². The molecule has 24 heavy (non-hydrogen) atoms. The molecular weight excluding hydrogens is 320 g/mol. The molecule has 1 amide bonds. The van der Waals surface area contributed by atoms with Crippen molar-refractivity contribution in [2.75, 3.05) is 13.7 Å². The molecule has 5 heteroatoms. The van der Waals surface area contributed by atoms with Gasteiger partial charge in [-0.25, -0.2) is 0 Å². The second-order valence-corrected chi connectivity index (χ2v) is 7.28. The van der Waals surface area contributed by atoms with Crippen LogP contribution in [0.15, 0.2) is 24.3 Å². The van der Waals surface area contributed by atoms with E-state index in [4.69, 9.17) is 17.0 Å². The molecule has 2 rings (SSSR count). The molecule has 0 bridgehead atoms. The van der Waals surface area contributed by atoms with Crippen molar-refractivity contribution in [3.05, 3.63) is 29.8 Å². The number of hydrogen-bond donors (Lipinski definition) is 1. The number of carbonyl (C=O) groups is 1. The molecule has 0 unspecified atom stereocenters. The second kappa shape index (κ2) is 9.02. The number of ether oxygens (including phenoxy) is 1. The molecule has 1 saturated carbocycles. The summed E-state index contributed by atoms with van der Waals surface area (Å²) in [6.07, 6.45) is 6.06. The minimum atomic E-state index is -0.183. The monoisotopic (exact) mass is 348 g/mol. The van der Waals surface area contributed by atoms with Crippen molar-refractivity contribution in [1.29, 1.82) is 0 Å². The first-order valence-corrected chi connectivity index (χ1v) is 9.19. The van der Waals surface area contributed by atoms with E-state index in [1.807, 2.05) is 24.1 Å². The summed E-state index contributed by atoms with van der Waals surface area (Å²) in [6.45, 7) is 4.82. The van der Waals surface area contributed by atoms with Gasteiger partial charge in [-0.2, -0.15) is 0 Å². The molecule has 0 aromatic heterocycles. The fourth-order valence-corrected chi connectivity index (χ4v) is 3.12. The highest BCUT2D eigenvalue weighted by Crippen LogP contribution is 2.21. The first-order chi connectivity index (χ1) is 11.5. The summed E-state index contributed by atoms with van der Waals surface area (Å²) in [5.74, 6) is 0.972. The standard InChI is InChI=1S/C19H28N2O2S/c1-14(2)13-23-17-11-7-8-15(12-17)18(22)20-19(24)21(3)16-9-5-4-6-10-16/h7-8,11-12,14,16H,4-6,9-10,13H2,1-3H3,(H,20,22,24). The number of nitrogens with one attached hydrogen (secondary N) is 1. The first-order valence-electron chi connectivity index (χ1n) is 8.78. The summed E-state index contributed by atoms with van der Waals surface area (Å²) in [5.41, 5.74) is 0.565. The minimum absolute atomic E-state index is 0.183. The van der Waals surface area contributed by atoms with Gasteiger partial charge in [-0.3, -0.25) is 10.1 Å². The van der Waals surface area contributed by atoms with Crippen molar-refractivity contribution in [3.63, 3.8) is 0 Å². The van der Waals surface area contributed by atoms with Gasteiger partial charge in [-0.05, 0) is 49.2 Å². The van der Waals surface area contributed by atoms with Gasteiger partial charge < -0.3 is 9.64 Å². The maximum Gasteiger partial charge on any atom is 0.257 e. The van der Waals surface area contributed by atoms with Gasteiger partial charge in [0, 0.05) is 18.7 Å². The number of amides is 1. The highest BCUT2D eigenvalue weighted by molar-refractivity contribution is 7.80. The maximum atomic E-state index is 12.5. The summed E-state index contributed by atoms with van der Waals surface area (Å²) >= 11 is 5.41. The van der Waals surface area contributed by atoms with Crippen LogP contribution in [0.1, 0.15) is 56.3 Å². The van der Waals surface area contributed by atoms with Crippen molar-refractivity contribution in [2.45, 2.75) is 52.0 Å². The van der Waals surface area contributed by atoms with E-state index in [2.05, 4.69) is 19.2 Å². The highest BCUT2D eigenvalue weighted by Gasteiger charge is 2.21. The predicted octanol–water partition coefficient (Wildman–Crippen LogP) is 4.00. The molecule has 1 aromatic rings. The Labute approximate surface area is 150 Å². The van der Waals surface area contributed by atoms with Gasteiger partial charge in [0.2, 0.25) is 0 Å². The second-order valence-electron chi connectivity index (χ2n) is 6.89. The van der Waals surface area contributed by atoms with E-state index in [-0.39, 0.29) is 5.91 Å². The Balaban J connectivity index is 1.93. The fraction of sp³-hybridized carbons (Fsp3) is 0.579. The molecule has 4 nitrogen and oxygen atoms in total. The number of hydrogen-bond acceptors (Lipinski definition) is 3. The summed E-state index contributed by atoms with van der Waals surface area (Å²) in [7, 11) is 1.97. The Kier molecular flexibility index (Phi) is 7.03. The fourth-order valence-electron chi connectivity index (χ4n) is 2.88. The van der Waals surface area contributed by atoms with Crippen molar-refractivity contribution in [1.82, 2.24) is 10.2 Å². The van der Waals surface area contributed by atoms with Crippen LogP contribution in [0.3, 0.4) is 0 Å². The van der Waals surface area contributed by atoms with Gasteiger partial charge in [0.15, 0.2) is 5.11 Å². The molecule has 1 fully saturated rings. The number of carbonyl (C=O) groups excluding carboxylic acids is 1. The first kappa shape index (κ1) is 18.7. The Morgan fingerprint density at radius 1 is 1.33 bits per heavy atom. The number of nitrogens with zero attached hydrogens (tertiary/aromatic N) is 1. The van der Waals surface area contributed by atoms with Crippen LogP contribution in [0.5, 0.6) is 5.75 Å². The lowest BCUT2D eigenvalue weighted by atomic mass is 9.95. The zero-order valence-corrected chi connectivity index (χ0v) is 15.7. The number of rotatable bonds is 5. The van der Waals surface area contributed by atoms with Gasteiger partial charge in [-0.1, -0.05) is 39.2 Å². The molecule has 1 aliphatic carbocycles. The van der Waals surface area contributed by atoms with Crippen LogP contribution < -0.4 is 10.1 Å². The van der Waals surface area contributed by atoms with Crippen LogP contribution in [-0.4, -0.2) is 35.6 Å². The van der Waals surface area contributed by atoms with Gasteiger partial charge in [0.05, 0.1) is 6.61 Å². The van der Waals surface area contributed by atoms with E-state index < -0.39 is 0 Å². The van der Waals surface area contributed by atoms with Gasteiger partial charge in [0.25, 0.3) is 5.91 Å². The quantitative estimate of drug-likeness (QED) is 0.817. The zero-order chi connectivity index (χ0) is 17.5. The molecule has 1 N–H and O–H groups in total. The molecule has 0 heterocycles. The zero-order valence-electron chi connectivity index (χ0n) is 14.9. The molecule has 0 spiro atoms. The Bertz CT molecular complexity index is 568. The molecule has 132 valence electrons. The van der Waals surface area contributed by atoms with E-state index in [0.717, 1.165) is 12.8 Å². The van der Waals surface area contributed by atoms with E-state index in [1.54, 1.807) is 12.1 Å². The lowest BCUT2D eigenvalue weighted by molar-refractivity contribution is 0.0971. The van der Waals surface area contributed by atoms with Gasteiger partial charge in [-0.15, -0.1) is 0 Å². The van der Waals surface area contributed by atoms with E-state index >= 15 is 0 Å². The predicted molar refractivity (Wildman–Crippen MR) is 101 cm³/mol. The van der Waals surface area contributed by atoms with Crippen molar-refractivity contribution in [3.8, 4) is 5.75 Å². The summed E-state index contributed by atoms with van der Waals surface area (Å²) in [5, 5.41) is 3.35. The molecular formula is C19H28N2O2S. The lowest BCUT2D eigenvalue weighted by Gasteiger charge is -2.32. The average molecular weight is 349 g/mol. The Hall–Kier alpha value is -1.62. The third-order valence-electron chi connectivity index (χ3n) is 4.34. The normalized spacial score (nSPS) is 15.2. The van der Waals surface area contributed by atoms with E-state index in [0.29, 0.717) is 35.0 Å². The molecule has 0 saturated heterocycles. The molecule has 1 aliphatic rings. The smallest absolute Gasteiger partial charge is 0.257 e. The van der Waals surface area contributed by atoms with Crippen LogP contribution in [0.2, 0.25) is 0 Å².